The van der Waals surface area contributed by atoms with E-state index in [1.165, 1.54) is 11.8 Å². The molecule has 1 heterocycles. The molecule has 1 unspecified atom stereocenters. The Kier molecular flexibility index (Phi) is 4.04. The number of halogens is 3. The molecular weight excluding hydrogens is 271 g/mol. The summed E-state index contributed by atoms with van der Waals surface area (Å²) in [5.41, 5.74) is 2.66. The van der Waals surface area contributed by atoms with E-state index in [0.29, 0.717) is 18.5 Å². The number of hydrogen-bond acceptors (Lipinski definition) is 2. The molecule has 0 aromatic heterocycles. The van der Waals surface area contributed by atoms with Crippen molar-refractivity contribution in [1.29, 1.82) is 0 Å². The number of ether oxygens (including phenoxy) is 1. The lowest BCUT2D eigenvalue weighted by Crippen LogP contribution is -2.45. The van der Waals surface area contributed by atoms with Crippen molar-refractivity contribution in [2.45, 2.75) is 39.1 Å². The summed E-state index contributed by atoms with van der Waals surface area (Å²) < 4.78 is 41.7. The molecule has 1 aromatic carbocycles. The molecular formula is C14H16F3NO2. The molecule has 1 aromatic rings. The number of hydrogen-bond donors (Lipinski definition) is 0. The summed E-state index contributed by atoms with van der Waals surface area (Å²) in [5.74, 6) is -0.318. The van der Waals surface area contributed by atoms with Crippen LogP contribution < -0.4 is 4.90 Å². The van der Waals surface area contributed by atoms with Gasteiger partial charge in [0, 0.05) is 12.6 Å². The molecule has 0 N–H and O–H groups in total. The highest BCUT2D eigenvalue weighted by atomic mass is 19.4. The topological polar surface area (TPSA) is 29.5 Å². The highest BCUT2D eigenvalue weighted by Crippen LogP contribution is 2.32. The van der Waals surface area contributed by atoms with Gasteiger partial charge in [0.2, 0.25) is 5.91 Å². The highest BCUT2D eigenvalue weighted by Gasteiger charge is 2.34. The Morgan fingerprint density at radius 2 is 2.15 bits per heavy atom. The van der Waals surface area contributed by atoms with Gasteiger partial charge in [-0.3, -0.25) is 9.69 Å². The quantitative estimate of drug-likeness (QED) is 0.836. The normalized spacial score (nSPS) is 18.9. The number of aryl methyl sites for hydroxylation is 2. The number of fused-ring (bicyclic) bond motifs is 1. The Hall–Kier alpha value is -1.56. The average molecular weight is 287 g/mol. The van der Waals surface area contributed by atoms with Gasteiger partial charge in [-0.2, -0.15) is 13.2 Å². The first-order chi connectivity index (χ1) is 9.28. The van der Waals surface area contributed by atoms with Crippen molar-refractivity contribution in [3.63, 3.8) is 0 Å². The van der Waals surface area contributed by atoms with Crippen molar-refractivity contribution in [3.05, 3.63) is 29.3 Å². The van der Waals surface area contributed by atoms with Crippen LogP contribution >= 0.6 is 0 Å². The highest BCUT2D eigenvalue weighted by molar-refractivity contribution is 5.93. The second-order valence-electron chi connectivity index (χ2n) is 4.94. The molecule has 1 aliphatic rings. The summed E-state index contributed by atoms with van der Waals surface area (Å²) >= 11 is 0. The maximum Gasteiger partial charge on any atom is 0.411 e. The SMILES string of the molecule is CC(=O)N1c2ccc(C)cc2CCC1OCC(F)(F)F. The van der Waals surface area contributed by atoms with Crippen LogP contribution in [0.3, 0.4) is 0 Å². The number of anilines is 1. The number of amides is 1. The zero-order valence-corrected chi connectivity index (χ0v) is 11.3. The number of nitrogens with zero attached hydrogens (tertiary/aromatic N) is 1. The van der Waals surface area contributed by atoms with Gasteiger partial charge in [-0.25, -0.2) is 0 Å². The van der Waals surface area contributed by atoms with Crippen LogP contribution in [0.2, 0.25) is 0 Å². The van der Waals surface area contributed by atoms with Gasteiger partial charge in [0.1, 0.15) is 12.8 Å². The molecule has 0 radical (unpaired) electrons. The van der Waals surface area contributed by atoms with Crippen LogP contribution in [0, 0.1) is 6.92 Å². The molecule has 110 valence electrons. The van der Waals surface area contributed by atoms with Gasteiger partial charge in [-0.05, 0) is 31.4 Å². The number of benzene rings is 1. The van der Waals surface area contributed by atoms with Crippen LogP contribution in [0.25, 0.3) is 0 Å². The molecule has 0 saturated heterocycles. The molecule has 0 saturated carbocycles. The maximum absolute atomic E-state index is 12.3. The van der Waals surface area contributed by atoms with Gasteiger partial charge in [-0.15, -0.1) is 0 Å². The number of rotatable bonds is 2. The van der Waals surface area contributed by atoms with E-state index in [4.69, 9.17) is 4.74 Å². The minimum atomic E-state index is -4.39. The van der Waals surface area contributed by atoms with E-state index in [1.807, 2.05) is 19.1 Å². The lowest BCUT2D eigenvalue weighted by Gasteiger charge is -2.36. The molecule has 20 heavy (non-hydrogen) atoms. The van der Waals surface area contributed by atoms with Crippen LogP contribution in [0.15, 0.2) is 18.2 Å². The lowest BCUT2D eigenvalue weighted by atomic mass is 9.98. The summed E-state index contributed by atoms with van der Waals surface area (Å²) in [6, 6.07) is 5.54. The largest absolute Gasteiger partial charge is 0.411 e. The van der Waals surface area contributed by atoms with Crippen molar-refractivity contribution in [3.8, 4) is 0 Å². The molecule has 0 bridgehead atoms. The van der Waals surface area contributed by atoms with Crippen LogP contribution in [0.1, 0.15) is 24.5 Å². The van der Waals surface area contributed by atoms with E-state index >= 15 is 0 Å². The van der Waals surface area contributed by atoms with Gasteiger partial charge in [0.15, 0.2) is 0 Å². The summed E-state index contributed by atoms with van der Waals surface area (Å²) in [5, 5.41) is 0. The minimum Gasteiger partial charge on any atom is -0.348 e. The third-order valence-corrected chi connectivity index (χ3v) is 3.22. The summed E-state index contributed by atoms with van der Waals surface area (Å²) in [4.78, 5) is 13.1. The summed E-state index contributed by atoms with van der Waals surface area (Å²) in [6.07, 6.45) is -4.28. The van der Waals surface area contributed by atoms with E-state index in [9.17, 15) is 18.0 Å². The molecule has 6 heteroatoms. The Balaban J connectivity index is 2.24. The van der Waals surface area contributed by atoms with Crippen molar-refractivity contribution >= 4 is 11.6 Å². The Morgan fingerprint density at radius 1 is 1.45 bits per heavy atom. The molecule has 1 aliphatic heterocycles. The minimum absolute atomic E-state index is 0.318. The van der Waals surface area contributed by atoms with Gasteiger partial charge < -0.3 is 4.74 Å². The van der Waals surface area contributed by atoms with Crippen molar-refractivity contribution in [2.24, 2.45) is 0 Å². The fourth-order valence-electron chi connectivity index (χ4n) is 2.43. The van der Waals surface area contributed by atoms with E-state index in [0.717, 1.165) is 11.1 Å². The second-order valence-corrected chi connectivity index (χ2v) is 4.94. The predicted octanol–water partition coefficient (Wildman–Crippen LogP) is 3.20. The first-order valence-electron chi connectivity index (χ1n) is 6.35. The molecule has 1 amide bonds. The Labute approximate surface area is 115 Å². The number of alkyl halides is 3. The van der Waals surface area contributed by atoms with E-state index in [-0.39, 0.29) is 5.91 Å². The number of carbonyl (C=O) groups is 1. The van der Waals surface area contributed by atoms with Gasteiger partial charge >= 0.3 is 6.18 Å². The summed E-state index contributed by atoms with van der Waals surface area (Å²) in [7, 11) is 0. The van der Waals surface area contributed by atoms with Crippen LogP contribution in [-0.2, 0) is 16.0 Å². The Bertz CT molecular complexity index is 514. The molecule has 0 aliphatic carbocycles. The smallest absolute Gasteiger partial charge is 0.348 e. The zero-order chi connectivity index (χ0) is 14.9. The van der Waals surface area contributed by atoms with Gasteiger partial charge in [-0.1, -0.05) is 17.7 Å². The number of carbonyl (C=O) groups excluding carboxylic acids is 1. The maximum atomic E-state index is 12.3. The van der Waals surface area contributed by atoms with Crippen LogP contribution in [0.5, 0.6) is 0 Å². The molecule has 3 nitrogen and oxygen atoms in total. The Morgan fingerprint density at radius 3 is 2.75 bits per heavy atom. The molecule has 0 fully saturated rings. The fraction of sp³-hybridized carbons (Fsp3) is 0.500. The lowest BCUT2D eigenvalue weighted by molar-refractivity contribution is -0.186. The zero-order valence-electron chi connectivity index (χ0n) is 11.3. The molecule has 1 atom stereocenters. The second kappa shape index (κ2) is 5.44. The molecule has 0 spiro atoms. The first-order valence-corrected chi connectivity index (χ1v) is 6.35. The van der Waals surface area contributed by atoms with E-state index < -0.39 is 19.0 Å². The molecule has 2 rings (SSSR count). The van der Waals surface area contributed by atoms with Crippen molar-refractivity contribution < 1.29 is 22.7 Å². The van der Waals surface area contributed by atoms with Crippen molar-refractivity contribution in [1.82, 2.24) is 0 Å². The van der Waals surface area contributed by atoms with E-state index in [2.05, 4.69) is 0 Å². The van der Waals surface area contributed by atoms with Gasteiger partial charge in [0.25, 0.3) is 0 Å². The van der Waals surface area contributed by atoms with Crippen LogP contribution in [-0.4, -0.2) is 24.9 Å². The monoisotopic (exact) mass is 287 g/mol. The standard InChI is InChI=1S/C14H16F3NO2/c1-9-3-5-12-11(7-9)4-6-13(18(12)10(2)19)20-8-14(15,16)17/h3,5,7,13H,4,6,8H2,1-2H3. The fourth-order valence-corrected chi connectivity index (χ4v) is 2.43. The van der Waals surface area contributed by atoms with Gasteiger partial charge in [0.05, 0.1) is 0 Å². The van der Waals surface area contributed by atoms with Crippen molar-refractivity contribution in [2.75, 3.05) is 11.5 Å². The third-order valence-electron chi connectivity index (χ3n) is 3.22. The van der Waals surface area contributed by atoms with E-state index in [1.54, 1.807) is 6.07 Å². The third kappa shape index (κ3) is 3.30. The first kappa shape index (κ1) is 14.8. The summed E-state index contributed by atoms with van der Waals surface area (Å²) in [6.45, 7) is 1.92. The van der Waals surface area contributed by atoms with Crippen LogP contribution in [0.4, 0.5) is 18.9 Å². The average Bonchev–Trinajstić information content (AvgIpc) is 2.34. The predicted molar refractivity (Wildman–Crippen MR) is 68.5 cm³/mol.